The SMILES string of the molecule is O=C1NC(C(=O)Nc2cnn(C3CCNCC3)c2)CS1. The first kappa shape index (κ1) is 13.4. The van der Waals surface area contributed by atoms with E-state index in [0.717, 1.165) is 37.7 Å². The van der Waals surface area contributed by atoms with Gasteiger partial charge in [-0.2, -0.15) is 5.10 Å². The number of hydrogen-bond acceptors (Lipinski definition) is 5. The summed E-state index contributed by atoms with van der Waals surface area (Å²) in [4.78, 5) is 23.0. The molecule has 3 rings (SSSR count). The summed E-state index contributed by atoms with van der Waals surface area (Å²) in [6.45, 7) is 2.00. The van der Waals surface area contributed by atoms with E-state index >= 15 is 0 Å². The Bertz CT molecular complexity index is 512. The first-order valence-electron chi connectivity index (χ1n) is 6.71. The molecule has 7 nitrogen and oxygen atoms in total. The Morgan fingerprint density at radius 1 is 1.45 bits per heavy atom. The van der Waals surface area contributed by atoms with Crippen molar-refractivity contribution in [1.29, 1.82) is 0 Å². The highest BCUT2D eigenvalue weighted by Gasteiger charge is 2.28. The Morgan fingerprint density at radius 3 is 2.95 bits per heavy atom. The van der Waals surface area contributed by atoms with Crippen LogP contribution in [0.25, 0.3) is 0 Å². The van der Waals surface area contributed by atoms with Gasteiger partial charge in [-0.05, 0) is 25.9 Å². The number of rotatable bonds is 3. The van der Waals surface area contributed by atoms with Crippen LogP contribution in [0.4, 0.5) is 10.5 Å². The van der Waals surface area contributed by atoms with Gasteiger partial charge in [0.25, 0.3) is 5.24 Å². The first-order valence-corrected chi connectivity index (χ1v) is 7.70. The summed E-state index contributed by atoms with van der Waals surface area (Å²) in [7, 11) is 0. The minimum absolute atomic E-state index is 0.143. The number of piperidine rings is 1. The van der Waals surface area contributed by atoms with Gasteiger partial charge in [-0.3, -0.25) is 14.3 Å². The fourth-order valence-corrected chi connectivity index (χ4v) is 3.21. The number of amides is 2. The third-order valence-corrected chi connectivity index (χ3v) is 4.42. The highest BCUT2D eigenvalue weighted by molar-refractivity contribution is 8.14. The molecule has 2 aliphatic heterocycles. The van der Waals surface area contributed by atoms with Gasteiger partial charge in [0, 0.05) is 11.9 Å². The molecule has 3 heterocycles. The van der Waals surface area contributed by atoms with Gasteiger partial charge >= 0.3 is 0 Å². The highest BCUT2D eigenvalue weighted by Crippen LogP contribution is 2.20. The molecule has 20 heavy (non-hydrogen) atoms. The molecular formula is C12H17N5O2S. The molecule has 8 heteroatoms. The van der Waals surface area contributed by atoms with Gasteiger partial charge in [0.2, 0.25) is 5.91 Å². The lowest BCUT2D eigenvalue weighted by atomic mass is 10.1. The number of hydrogen-bond donors (Lipinski definition) is 3. The second kappa shape index (κ2) is 5.84. The summed E-state index contributed by atoms with van der Waals surface area (Å²) >= 11 is 1.13. The Hall–Kier alpha value is -1.54. The lowest BCUT2D eigenvalue weighted by Gasteiger charge is -2.22. The average Bonchev–Trinajstić information content (AvgIpc) is 3.09. The highest BCUT2D eigenvalue weighted by atomic mass is 32.2. The van der Waals surface area contributed by atoms with Crippen molar-refractivity contribution in [3.63, 3.8) is 0 Å². The van der Waals surface area contributed by atoms with E-state index in [1.807, 2.05) is 10.9 Å². The molecule has 0 aliphatic carbocycles. The molecule has 0 bridgehead atoms. The molecule has 2 fully saturated rings. The third-order valence-electron chi connectivity index (χ3n) is 3.54. The van der Waals surface area contributed by atoms with E-state index < -0.39 is 6.04 Å². The summed E-state index contributed by atoms with van der Waals surface area (Å²) < 4.78 is 1.92. The van der Waals surface area contributed by atoms with Crippen LogP contribution in [0, 0.1) is 0 Å². The van der Waals surface area contributed by atoms with Crippen molar-refractivity contribution in [2.75, 3.05) is 24.2 Å². The maximum Gasteiger partial charge on any atom is 0.279 e. The van der Waals surface area contributed by atoms with Crippen LogP contribution in [0.1, 0.15) is 18.9 Å². The molecule has 0 spiro atoms. The van der Waals surface area contributed by atoms with Crippen LogP contribution < -0.4 is 16.0 Å². The van der Waals surface area contributed by atoms with Crippen molar-refractivity contribution in [1.82, 2.24) is 20.4 Å². The minimum Gasteiger partial charge on any atom is -0.334 e. The van der Waals surface area contributed by atoms with E-state index in [9.17, 15) is 9.59 Å². The average molecular weight is 295 g/mol. The van der Waals surface area contributed by atoms with Crippen LogP contribution in [-0.2, 0) is 4.79 Å². The Kier molecular flexibility index (Phi) is 3.93. The molecule has 1 aromatic heterocycles. The van der Waals surface area contributed by atoms with Crippen molar-refractivity contribution < 1.29 is 9.59 Å². The molecule has 0 radical (unpaired) electrons. The summed E-state index contributed by atoms with van der Waals surface area (Å²) in [5.41, 5.74) is 0.680. The summed E-state index contributed by atoms with van der Waals surface area (Å²) in [6.07, 6.45) is 5.61. The van der Waals surface area contributed by atoms with Gasteiger partial charge in [0.15, 0.2) is 0 Å². The second-order valence-corrected chi connectivity index (χ2v) is 5.97. The van der Waals surface area contributed by atoms with Gasteiger partial charge in [0.05, 0.1) is 17.9 Å². The van der Waals surface area contributed by atoms with E-state index in [1.165, 1.54) is 0 Å². The number of carbonyl (C=O) groups excluding carboxylic acids is 2. The predicted molar refractivity (Wildman–Crippen MR) is 76.8 cm³/mol. The molecule has 1 aromatic rings. The molecular weight excluding hydrogens is 278 g/mol. The smallest absolute Gasteiger partial charge is 0.279 e. The zero-order valence-electron chi connectivity index (χ0n) is 11.0. The first-order chi connectivity index (χ1) is 9.72. The Morgan fingerprint density at radius 2 is 2.25 bits per heavy atom. The van der Waals surface area contributed by atoms with Crippen LogP contribution in [0.15, 0.2) is 12.4 Å². The van der Waals surface area contributed by atoms with E-state index in [2.05, 4.69) is 21.0 Å². The van der Waals surface area contributed by atoms with E-state index in [1.54, 1.807) is 6.20 Å². The monoisotopic (exact) mass is 295 g/mol. The normalized spacial score (nSPS) is 23.6. The fraction of sp³-hybridized carbons (Fsp3) is 0.583. The zero-order chi connectivity index (χ0) is 13.9. The topological polar surface area (TPSA) is 88.1 Å². The summed E-state index contributed by atoms with van der Waals surface area (Å²) in [5, 5.41) is 12.9. The summed E-state index contributed by atoms with van der Waals surface area (Å²) in [5.74, 6) is 0.292. The number of thioether (sulfide) groups is 1. The van der Waals surface area contributed by atoms with Gasteiger partial charge in [0.1, 0.15) is 6.04 Å². The third kappa shape index (κ3) is 2.96. The maximum absolute atomic E-state index is 12.0. The molecule has 1 unspecified atom stereocenters. The van der Waals surface area contributed by atoms with Crippen molar-refractivity contribution in [2.24, 2.45) is 0 Å². The van der Waals surface area contributed by atoms with Crippen LogP contribution in [0.2, 0.25) is 0 Å². The second-order valence-electron chi connectivity index (χ2n) is 4.97. The number of aromatic nitrogens is 2. The molecule has 2 aliphatic rings. The lowest BCUT2D eigenvalue weighted by Crippen LogP contribution is -2.38. The Labute approximate surface area is 120 Å². The standard InChI is InChI=1S/C12H17N5O2S/c18-11(10-7-20-12(19)16-10)15-8-5-14-17(6-8)9-1-3-13-4-2-9/h5-6,9-10,13H,1-4,7H2,(H,15,18)(H,16,19). The number of nitrogens with zero attached hydrogens (tertiary/aromatic N) is 2. The van der Waals surface area contributed by atoms with Crippen LogP contribution >= 0.6 is 11.8 Å². The largest absolute Gasteiger partial charge is 0.334 e. The van der Waals surface area contributed by atoms with Crippen molar-refractivity contribution in [2.45, 2.75) is 24.9 Å². The van der Waals surface area contributed by atoms with Crippen LogP contribution in [-0.4, -0.2) is 45.8 Å². The van der Waals surface area contributed by atoms with Gasteiger partial charge in [-0.1, -0.05) is 11.8 Å². The Balaban J connectivity index is 1.59. The molecule has 1 atom stereocenters. The van der Waals surface area contributed by atoms with Crippen molar-refractivity contribution in [3.05, 3.63) is 12.4 Å². The fourth-order valence-electron chi connectivity index (χ4n) is 2.43. The van der Waals surface area contributed by atoms with Gasteiger partial charge in [-0.25, -0.2) is 0 Å². The van der Waals surface area contributed by atoms with E-state index in [-0.39, 0.29) is 11.1 Å². The summed E-state index contributed by atoms with van der Waals surface area (Å²) in [6, 6.07) is -0.0571. The molecule has 108 valence electrons. The molecule has 2 saturated heterocycles. The van der Waals surface area contributed by atoms with Gasteiger partial charge < -0.3 is 16.0 Å². The van der Waals surface area contributed by atoms with Gasteiger partial charge in [-0.15, -0.1) is 0 Å². The maximum atomic E-state index is 12.0. The zero-order valence-corrected chi connectivity index (χ0v) is 11.8. The molecule has 0 aromatic carbocycles. The van der Waals surface area contributed by atoms with Crippen LogP contribution in [0.3, 0.4) is 0 Å². The quantitative estimate of drug-likeness (QED) is 0.759. The van der Waals surface area contributed by atoms with E-state index in [4.69, 9.17) is 0 Å². The molecule has 3 N–H and O–H groups in total. The molecule has 2 amide bonds. The molecule has 0 saturated carbocycles. The predicted octanol–water partition coefficient (Wildman–Crippen LogP) is 0.571. The number of anilines is 1. The number of carbonyl (C=O) groups is 2. The number of nitrogens with one attached hydrogen (secondary N) is 3. The van der Waals surface area contributed by atoms with Crippen LogP contribution in [0.5, 0.6) is 0 Å². The van der Waals surface area contributed by atoms with Crippen molar-refractivity contribution >= 4 is 28.6 Å². The lowest BCUT2D eigenvalue weighted by molar-refractivity contribution is -0.117. The van der Waals surface area contributed by atoms with E-state index in [0.29, 0.717) is 17.5 Å². The minimum atomic E-state index is -0.449. The van der Waals surface area contributed by atoms with Crippen molar-refractivity contribution in [3.8, 4) is 0 Å².